The minimum absolute atomic E-state index is 0.843. The van der Waals surface area contributed by atoms with Crippen molar-refractivity contribution in [2.24, 2.45) is 17.3 Å². The molecule has 0 aliphatic rings. The van der Waals surface area contributed by atoms with Gasteiger partial charge in [0.2, 0.25) is 0 Å². The molecule has 0 aliphatic carbocycles. The van der Waals surface area contributed by atoms with Crippen LogP contribution in [0.4, 0.5) is 17.1 Å². The first-order valence-electron chi connectivity index (χ1n) is 8.37. The van der Waals surface area contributed by atoms with Gasteiger partial charge in [0.1, 0.15) is 0 Å². The van der Waals surface area contributed by atoms with Crippen LogP contribution in [-0.2, 0) is 7.05 Å². The number of rotatable bonds is 5. The first-order chi connectivity index (χ1) is 11.9. The average Bonchev–Trinajstić information content (AvgIpc) is 2.87. The highest BCUT2D eigenvalue weighted by Crippen LogP contribution is 2.27. The Morgan fingerprint density at radius 3 is 2.40 bits per heavy atom. The third-order valence-electron chi connectivity index (χ3n) is 4.25. The normalized spacial score (nSPS) is 11.4. The Labute approximate surface area is 149 Å². The van der Waals surface area contributed by atoms with Crippen LogP contribution in [0, 0.1) is 6.92 Å². The van der Waals surface area contributed by atoms with Crippen molar-refractivity contribution >= 4 is 28.0 Å². The van der Waals surface area contributed by atoms with Crippen molar-refractivity contribution in [3.63, 3.8) is 0 Å². The van der Waals surface area contributed by atoms with E-state index < -0.39 is 0 Å². The Morgan fingerprint density at radius 1 is 1.08 bits per heavy atom. The minimum Gasteiger partial charge on any atom is -0.371 e. The zero-order chi connectivity index (χ0) is 18.0. The van der Waals surface area contributed by atoms with Crippen LogP contribution in [-0.4, -0.2) is 18.2 Å². The second kappa shape index (κ2) is 6.93. The van der Waals surface area contributed by atoms with Crippen LogP contribution < -0.4 is 4.90 Å². The SMILES string of the molecule is C=C(C)CN(C)c1ccc(N=Nc2ccc3c(C)cn(C)c3c2)cc1. The molecule has 25 heavy (non-hydrogen) atoms. The molecule has 0 saturated heterocycles. The van der Waals surface area contributed by atoms with Gasteiger partial charge in [-0.15, -0.1) is 0 Å². The van der Waals surface area contributed by atoms with Gasteiger partial charge in [-0.2, -0.15) is 10.2 Å². The van der Waals surface area contributed by atoms with E-state index in [0.29, 0.717) is 0 Å². The van der Waals surface area contributed by atoms with Crippen molar-refractivity contribution in [3.05, 3.63) is 66.4 Å². The maximum atomic E-state index is 4.38. The lowest BCUT2D eigenvalue weighted by Crippen LogP contribution is -2.18. The van der Waals surface area contributed by atoms with E-state index in [4.69, 9.17) is 0 Å². The summed E-state index contributed by atoms with van der Waals surface area (Å²) in [5.74, 6) is 0. The van der Waals surface area contributed by atoms with Gasteiger partial charge >= 0.3 is 0 Å². The lowest BCUT2D eigenvalue weighted by molar-refractivity contribution is 0.963. The predicted molar refractivity (Wildman–Crippen MR) is 106 cm³/mol. The summed E-state index contributed by atoms with van der Waals surface area (Å²) in [5.41, 5.74) is 6.43. The molecule has 3 rings (SSSR count). The van der Waals surface area contributed by atoms with Crippen LogP contribution in [0.15, 0.2) is 71.0 Å². The summed E-state index contributed by atoms with van der Waals surface area (Å²) in [6.45, 7) is 8.95. The van der Waals surface area contributed by atoms with Gasteiger partial charge in [0.05, 0.1) is 16.9 Å². The Balaban J connectivity index is 1.77. The van der Waals surface area contributed by atoms with E-state index in [1.165, 1.54) is 16.5 Å². The number of aromatic nitrogens is 1. The molecule has 4 nitrogen and oxygen atoms in total. The van der Waals surface area contributed by atoms with Crippen molar-refractivity contribution in [1.82, 2.24) is 4.57 Å². The molecule has 1 aromatic heterocycles. The molecule has 0 spiro atoms. The van der Waals surface area contributed by atoms with Crippen molar-refractivity contribution < 1.29 is 0 Å². The Morgan fingerprint density at radius 2 is 1.72 bits per heavy atom. The number of hydrogen-bond donors (Lipinski definition) is 0. The molecule has 0 atom stereocenters. The van der Waals surface area contributed by atoms with Crippen LogP contribution in [0.3, 0.4) is 0 Å². The standard InChI is InChI=1S/C21H24N4/c1-15(2)13-24(4)19-9-6-17(7-10-19)22-23-18-8-11-20-16(3)14-25(5)21(20)12-18/h6-12,14H,1,13H2,2-5H3. The average molecular weight is 332 g/mol. The van der Waals surface area contributed by atoms with Gasteiger partial charge in [-0.05, 0) is 55.8 Å². The smallest absolute Gasteiger partial charge is 0.0878 e. The number of benzene rings is 2. The summed E-state index contributed by atoms with van der Waals surface area (Å²) in [4.78, 5) is 2.16. The molecule has 2 aromatic carbocycles. The van der Waals surface area contributed by atoms with Gasteiger partial charge in [-0.1, -0.05) is 18.2 Å². The molecule has 3 aromatic rings. The molecule has 0 radical (unpaired) electrons. The quantitative estimate of drug-likeness (QED) is 0.422. The van der Waals surface area contributed by atoms with E-state index in [9.17, 15) is 0 Å². The first kappa shape index (κ1) is 17.0. The second-order valence-electron chi connectivity index (χ2n) is 6.65. The maximum Gasteiger partial charge on any atom is 0.0878 e. The van der Waals surface area contributed by atoms with E-state index in [2.05, 4.69) is 77.8 Å². The Kier molecular flexibility index (Phi) is 4.70. The number of azo groups is 1. The largest absolute Gasteiger partial charge is 0.371 e. The molecule has 0 unspecified atom stereocenters. The van der Waals surface area contributed by atoms with Crippen LogP contribution in [0.2, 0.25) is 0 Å². The van der Waals surface area contributed by atoms with E-state index in [0.717, 1.165) is 29.2 Å². The van der Waals surface area contributed by atoms with Crippen LogP contribution in [0.1, 0.15) is 12.5 Å². The number of fused-ring (bicyclic) bond motifs is 1. The summed E-state index contributed by atoms with van der Waals surface area (Å²) in [5, 5.41) is 10.0. The third-order valence-corrected chi connectivity index (χ3v) is 4.25. The number of nitrogens with zero attached hydrogens (tertiary/aromatic N) is 4. The summed E-state index contributed by atoms with van der Waals surface area (Å²) in [7, 11) is 4.11. The van der Waals surface area contributed by atoms with Crippen molar-refractivity contribution in [2.45, 2.75) is 13.8 Å². The molecular weight excluding hydrogens is 308 g/mol. The van der Waals surface area contributed by atoms with E-state index in [-0.39, 0.29) is 0 Å². The molecule has 128 valence electrons. The van der Waals surface area contributed by atoms with Gasteiger partial charge < -0.3 is 9.47 Å². The summed E-state index contributed by atoms with van der Waals surface area (Å²) >= 11 is 0. The van der Waals surface area contributed by atoms with Crippen molar-refractivity contribution in [2.75, 3.05) is 18.5 Å². The lowest BCUT2D eigenvalue weighted by atomic mass is 10.2. The third kappa shape index (κ3) is 3.79. The van der Waals surface area contributed by atoms with E-state index in [1.54, 1.807) is 0 Å². The van der Waals surface area contributed by atoms with E-state index in [1.807, 2.05) is 25.1 Å². The molecule has 0 aliphatic heterocycles. The summed E-state index contributed by atoms with van der Waals surface area (Å²) < 4.78 is 2.12. The highest BCUT2D eigenvalue weighted by atomic mass is 15.1. The zero-order valence-electron chi connectivity index (χ0n) is 15.3. The van der Waals surface area contributed by atoms with Crippen LogP contribution >= 0.6 is 0 Å². The Hall–Kier alpha value is -2.88. The predicted octanol–water partition coefficient (Wildman–Crippen LogP) is 5.91. The number of anilines is 1. The molecule has 0 amide bonds. The molecule has 1 heterocycles. The van der Waals surface area contributed by atoms with Gasteiger partial charge in [-0.3, -0.25) is 0 Å². The lowest BCUT2D eigenvalue weighted by Gasteiger charge is -2.19. The van der Waals surface area contributed by atoms with Gasteiger partial charge in [0.25, 0.3) is 0 Å². The highest BCUT2D eigenvalue weighted by Gasteiger charge is 2.04. The van der Waals surface area contributed by atoms with Gasteiger partial charge in [-0.25, -0.2) is 0 Å². The molecule has 0 N–H and O–H groups in total. The highest BCUT2D eigenvalue weighted by molar-refractivity contribution is 5.86. The number of aryl methyl sites for hydroxylation is 2. The fourth-order valence-electron chi connectivity index (χ4n) is 3.02. The molecular formula is C21H24N4. The van der Waals surface area contributed by atoms with Crippen molar-refractivity contribution in [1.29, 1.82) is 0 Å². The topological polar surface area (TPSA) is 32.9 Å². The Bertz CT molecular complexity index is 932. The molecule has 0 fully saturated rings. The first-order valence-corrected chi connectivity index (χ1v) is 8.37. The number of hydrogen-bond acceptors (Lipinski definition) is 3. The second-order valence-corrected chi connectivity index (χ2v) is 6.65. The number of likely N-dealkylation sites (N-methyl/N-ethyl adjacent to an activating group) is 1. The van der Waals surface area contributed by atoms with Crippen LogP contribution in [0.25, 0.3) is 10.9 Å². The van der Waals surface area contributed by atoms with Gasteiger partial charge in [0, 0.05) is 37.9 Å². The fraction of sp³-hybridized carbons (Fsp3) is 0.238. The van der Waals surface area contributed by atoms with Crippen molar-refractivity contribution in [3.8, 4) is 0 Å². The monoisotopic (exact) mass is 332 g/mol. The molecule has 0 bridgehead atoms. The zero-order valence-corrected chi connectivity index (χ0v) is 15.3. The maximum absolute atomic E-state index is 4.38. The summed E-state index contributed by atoms with van der Waals surface area (Å²) in [6.07, 6.45) is 2.13. The van der Waals surface area contributed by atoms with Gasteiger partial charge in [0.15, 0.2) is 0 Å². The minimum atomic E-state index is 0.843. The van der Waals surface area contributed by atoms with Crippen LogP contribution in [0.5, 0.6) is 0 Å². The van der Waals surface area contributed by atoms with E-state index >= 15 is 0 Å². The molecule has 0 saturated carbocycles. The fourth-order valence-corrected chi connectivity index (χ4v) is 3.02. The molecule has 4 heteroatoms. The summed E-state index contributed by atoms with van der Waals surface area (Å²) in [6, 6.07) is 14.3.